The van der Waals surface area contributed by atoms with Crippen LogP contribution in [0.3, 0.4) is 0 Å². The zero-order valence-electron chi connectivity index (χ0n) is 6.50. The Labute approximate surface area is 62.5 Å². The van der Waals surface area contributed by atoms with E-state index in [1.165, 1.54) is 0 Å². The highest BCUT2D eigenvalue weighted by atomic mass is 32.2. The van der Waals surface area contributed by atoms with E-state index in [0.717, 1.165) is 12.8 Å². The molecule has 1 heterocycles. The molecule has 0 amide bonds. The van der Waals surface area contributed by atoms with Crippen LogP contribution in [-0.4, -0.2) is 19.4 Å². The zero-order chi connectivity index (χ0) is 7.78. The van der Waals surface area contributed by atoms with Crippen molar-refractivity contribution in [3.8, 4) is 0 Å². The Morgan fingerprint density at radius 2 is 1.80 bits per heavy atom. The van der Waals surface area contributed by atoms with Crippen molar-refractivity contribution in [1.82, 2.24) is 0 Å². The van der Waals surface area contributed by atoms with Gasteiger partial charge in [-0.15, -0.1) is 0 Å². The molecule has 0 saturated carbocycles. The predicted molar refractivity (Wildman–Crippen MR) is 41.6 cm³/mol. The van der Waals surface area contributed by atoms with Crippen molar-refractivity contribution in [2.24, 2.45) is 5.92 Å². The molecule has 0 radical (unpaired) electrons. The first-order valence-corrected chi connectivity index (χ1v) is 5.45. The molecule has 1 rings (SSSR count). The Morgan fingerprint density at radius 3 is 2.20 bits per heavy atom. The quantitative estimate of drug-likeness (QED) is 0.536. The van der Waals surface area contributed by atoms with Gasteiger partial charge < -0.3 is 0 Å². The second kappa shape index (κ2) is 2.53. The van der Waals surface area contributed by atoms with Gasteiger partial charge in [0.2, 0.25) is 0 Å². The van der Waals surface area contributed by atoms with Crippen LogP contribution >= 0.6 is 0 Å². The SMILES string of the molecule is CC1CC[C@H](C)S(=O)(=O)C1. The lowest BCUT2D eigenvalue weighted by Gasteiger charge is -2.23. The topological polar surface area (TPSA) is 34.1 Å². The van der Waals surface area contributed by atoms with Gasteiger partial charge in [0.05, 0.1) is 11.0 Å². The van der Waals surface area contributed by atoms with Gasteiger partial charge >= 0.3 is 0 Å². The van der Waals surface area contributed by atoms with Crippen molar-refractivity contribution >= 4 is 9.84 Å². The molecule has 0 aromatic carbocycles. The lowest BCUT2D eigenvalue weighted by molar-refractivity contribution is 0.486. The van der Waals surface area contributed by atoms with Crippen LogP contribution in [0, 0.1) is 5.92 Å². The molecule has 0 aromatic rings. The summed E-state index contributed by atoms with van der Waals surface area (Å²) < 4.78 is 22.4. The molecule has 0 bridgehead atoms. The van der Waals surface area contributed by atoms with Crippen LogP contribution < -0.4 is 0 Å². The van der Waals surface area contributed by atoms with E-state index in [9.17, 15) is 8.42 Å². The summed E-state index contributed by atoms with van der Waals surface area (Å²) in [4.78, 5) is 0. The van der Waals surface area contributed by atoms with Crippen molar-refractivity contribution < 1.29 is 8.42 Å². The zero-order valence-corrected chi connectivity index (χ0v) is 7.32. The van der Waals surface area contributed by atoms with Crippen molar-refractivity contribution in [3.05, 3.63) is 0 Å². The summed E-state index contributed by atoms with van der Waals surface area (Å²) in [5, 5.41) is -0.0938. The molecule has 0 aromatic heterocycles. The first-order chi connectivity index (χ1) is 4.52. The molecule has 2 nitrogen and oxygen atoms in total. The maximum Gasteiger partial charge on any atom is 0.153 e. The molecule has 1 aliphatic heterocycles. The summed E-state index contributed by atoms with van der Waals surface area (Å²) in [7, 11) is -2.71. The maximum absolute atomic E-state index is 11.2. The van der Waals surface area contributed by atoms with Crippen LogP contribution in [0.25, 0.3) is 0 Å². The fourth-order valence-electron chi connectivity index (χ4n) is 1.34. The summed E-state index contributed by atoms with van der Waals surface area (Å²) in [6.45, 7) is 3.81. The smallest absolute Gasteiger partial charge is 0.153 e. The Morgan fingerprint density at radius 1 is 1.20 bits per heavy atom. The number of sulfone groups is 1. The summed E-state index contributed by atoms with van der Waals surface area (Å²) in [6.07, 6.45) is 1.92. The third kappa shape index (κ3) is 1.51. The minimum absolute atomic E-state index is 0.0938. The highest BCUT2D eigenvalue weighted by Crippen LogP contribution is 2.22. The minimum atomic E-state index is -2.71. The molecule has 0 spiro atoms. The Bertz CT molecular complexity index is 206. The Balaban J connectivity index is 2.74. The van der Waals surface area contributed by atoms with Crippen LogP contribution in [0.15, 0.2) is 0 Å². The fraction of sp³-hybridized carbons (Fsp3) is 1.00. The first kappa shape index (κ1) is 8.05. The predicted octanol–water partition coefficient (Wildman–Crippen LogP) is 1.22. The van der Waals surface area contributed by atoms with E-state index in [0.29, 0.717) is 11.7 Å². The van der Waals surface area contributed by atoms with E-state index in [4.69, 9.17) is 0 Å². The summed E-state index contributed by atoms with van der Waals surface area (Å²) in [6, 6.07) is 0. The molecule has 2 atom stereocenters. The molecule has 1 unspecified atom stereocenters. The van der Waals surface area contributed by atoms with Crippen molar-refractivity contribution in [3.63, 3.8) is 0 Å². The van der Waals surface area contributed by atoms with Crippen LogP contribution in [0.1, 0.15) is 26.7 Å². The van der Waals surface area contributed by atoms with Crippen LogP contribution in [0.5, 0.6) is 0 Å². The highest BCUT2D eigenvalue weighted by molar-refractivity contribution is 7.92. The van der Waals surface area contributed by atoms with E-state index in [1.54, 1.807) is 6.92 Å². The van der Waals surface area contributed by atoms with Gasteiger partial charge in [0.1, 0.15) is 0 Å². The van der Waals surface area contributed by atoms with E-state index < -0.39 is 9.84 Å². The van der Waals surface area contributed by atoms with Gasteiger partial charge in [-0.1, -0.05) is 6.92 Å². The van der Waals surface area contributed by atoms with Gasteiger partial charge in [0, 0.05) is 0 Å². The average molecular weight is 162 g/mol. The van der Waals surface area contributed by atoms with Crippen LogP contribution in [-0.2, 0) is 9.84 Å². The van der Waals surface area contributed by atoms with Gasteiger partial charge in [-0.3, -0.25) is 0 Å². The summed E-state index contributed by atoms with van der Waals surface area (Å²) >= 11 is 0. The molecule has 60 valence electrons. The molecule has 3 heteroatoms. The monoisotopic (exact) mass is 162 g/mol. The third-order valence-corrected chi connectivity index (χ3v) is 4.69. The van der Waals surface area contributed by atoms with Gasteiger partial charge in [0.15, 0.2) is 9.84 Å². The maximum atomic E-state index is 11.2. The largest absolute Gasteiger partial charge is 0.229 e. The molecule has 0 aliphatic carbocycles. The van der Waals surface area contributed by atoms with E-state index in [1.807, 2.05) is 6.92 Å². The molecule has 1 aliphatic rings. The minimum Gasteiger partial charge on any atom is -0.229 e. The number of hydrogen-bond donors (Lipinski definition) is 0. The van der Waals surface area contributed by atoms with Gasteiger partial charge in [-0.2, -0.15) is 0 Å². The summed E-state index contributed by atoms with van der Waals surface area (Å²) in [5.41, 5.74) is 0. The molecular weight excluding hydrogens is 148 g/mol. The third-order valence-electron chi connectivity index (χ3n) is 2.20. The molecule has 0 N–H and O–H groups in total. The van der Waals surface area contributed by atoms with Crippen molar-refractivity contribution in [2.75, 3.05) is 5.75 Å². The molecule has 1 saturated heterocycles. The molecule has 10 heavy (non-hydrogen) atoms. The average Bonchev–Trinajstić information content (AvgIpc) is 1.78. The standard InChI is InChI=1S/C7H14O2S/c1-6-3-4-7(2)10(8,9)5-6/h6-7H,3-5H2,1-2H3/t6?,7-/m0/s1. The van der Waals surface area contributed by atoms with Gasteiger partial charge in [0.25, 0.3) is 0 Å². The van der Waals surface area contributed by atoms with Gasteiger partial charge in [-0.05, 0) is 25.7 Å². The van der Waals surface area contributed by atoms with Crippen LogP contribution in [0.2, 0.25) is 0 Å². The van der Waals surface area contributed by atoms with Crippen LogP contribution in [0.4, 0.5) is 0 Å². The van der Waals surface area contributed by atoms with E-state index in [-0.39, 0.29) is 5.25 Å². The molecular formula is C7H14O2S. The van der Waals surface area contributed by atoms with Gasteiger partial charge in [-0.25, -0.2) is 8.42 Å². The lowest BCUT2D eigenvalue weighted by Crippen LogP contribution is -2.30. The van der Waals surface area contributed by atoms with E-state index in [2.05, 4.69) is 0 Å². The Hall–Kier alpha value is -0.0500. The van der Waals surface area contributed by atoms with Crippen molar-refractivity contribution in [1.29, 1.82) is 0 Å². The number of rotatable bonds is 0. The second-order valence-corrected chi connectivity index (χ2v) is 5.79. The first-order valence-electron chi connectivity index (χ1n) is 3.74. The summed E-state index contributed by atoms with van der Waals surface area (Å²) in [5.74, 6) is 0.773. The highest BCUT2D eigenvalue weighted by Gasteiger charge is 2.28. The fourth-order valence-corrected chi connectivity index (χ4v) is 3.13. The van der Waals surface area contributed by atoms with E-state index >= 15 is 0 Å². The lowest BCUT2D eigenvalue weighted by atomic mass is 10.1. The second-order valence-electron chi connectivity index (χ2n) is 3.32. The molecule has 1 fully saturated rings. The van der Waals surface area contributed by atoms with Crippen molar-refractivity contribution in [2.45, 2.75) is 31.9 Å². The normalized spacial score (nSPS) is 39.4. The number of hydrogen-bond acceptors (Lipinski definition) is 2. The Kier molecular flexibility index (Phi) is 2.04.